The van der Waals surface area contributed by atoms with Gasteiger partial charge in [0.15, 0.2) is 5.82 Å². The number of halogens is 1. The summed E-state index contributed by atoms with van der Waals surface area (Å²) in [6, 6.07) is 0. The maximum Gasteiger partial charge on any atom is 0.293 e. The fourth-order valence-corrected chi connectivity index (χ4v) is 1.53. The Morgan fingerprint density at radius 3 is 2.82 bits per heavy atom. The molecule has 1 rings (SSSR count). The summed E-state index contributed by atoms with van der Waals surface area (Å²) in [5.74, 6) is 0.812. The van der Waals surface area contributed by atoms with Crippen LogP contribution in [0.25, 0.3) is 0 Å². The molecule has 96 valence electrons. The summed E-state index contributed by atoms with van der Waals surface area (Å²) < 4.78 is 1.68. The monoisotopic (exact) mass is 257 g/mol. The number of anilines is 1. The van der Waals surface area contributed by atoms with Gasteiger partial charge < -0.3 is 9.88 Å². The van der Waals surface area contributed by atoms with Crippen LogP contribution < -0.4 is 10.9 Å². The molecule has 5 heteroatoms. The van der Waals surface area contributed by atoms with Crippen molar-refractivity contribution in [1.82, 2.24) is 9.55 Å². The van der Waals surface area contributed by atoms with Crippen molar-refractivity contribution in [3.05, 3.63) is 22.7 Å². The van der Waals surface area contributed by atoms with E-state index in [0.717, 1.165) is 6.42 Å². The number of aromatic nitrogens is 2. The van der Waals surface area contributed by atoms with Crippen LogP contribution >= 0.6 is 11.6 Å². The third kappa shape index (κ3) is 4.38. The Balaban J connectivity index is 2.76. The lowest BCUT2D eigenvalue weighted by Crippen LogP contribution is -2.27. The molecule has 0 bridgehead atoms. The molecule has 1 aromatic heterocycles. The second kappa shape index (κ2) is 6.64. The first kappa shape index (κ1) is 14.0. The predicted molar refractivity (Wildman–Crippen MR) is 71.8 cm³/mol. The summed E-state index contributed by atoms with van der Waals surface area (Å²) in [6.45, 7) is 7.42. The van der Waals surface area contributed by atoms with Crippen LogP contribution in [0.2, 0.25) is 0 Å². The fraction of sp³-hybridized carbons (Fsp3) is 0.667. The van der Waals surface area contributed by atoms with Crippen molar-refractivity contribution in [1.29, 1.82) is 0 Å². The molecule has 0 aliphatic rings. The molecule has 0 fully saturated rings. The molecule has 0 amide bonds. The van der Waals surface area contributed by atoms with Crippen LogP contribution in [0.3, 0.4) is 0 Å². The Morgan fingerprint density at radius 1 is 1.53 bits per heavy atom. The highest BCUT2D eigenvalue weighted by Crippen LogP contribution is 2.03. The summed E-state index contributed by atoms with van der Waals surface area (Å²) in [6.07, 6.45) is 4.22. The van der Waals surface area contributed by atoms with E-state index in [-0.39, 0.29) is 10.9 Å². The number of hydrogen-bond donors (Lipinski definition) is 1. The van der Waals surface area contributed by atoms with Crippen molar-refractivity contribution in [2.24, 2.45) is 5.92 Å². The highest BCUT2D eigenvalue weighted by Gasteiger charge is 2.07. The fourth-order valence-electron chi connectivity index (χ4n) is 1.46. The third-order valence-electron chi connectivity index (χ3n) is 2.41. The van der Waals surface area contributed by atoms with Gasteiger partial charge in [-0.3, -0.25) is 4.79 Å². The van der Waals surface area contributed by atoms with E-state index in [2.05, 4.69) is 24.1 Å². The molecule has 0 saturated carbocycles. The quantitative estimate of drug-likeness (QED) is 0.796. The van der Waals surface area contributed by atoms with Gasteiger partial charge in [0.25, 0.3) is 5.56 Å². The molecule has 1 atom stereocenters. The lowest BCUT2D eigenvalue weighted by Gasteiger charge is -2.12. The number of nitrogens with one attached hydrogen (secondary N) is 1. The zero-order chi connectivity index (χ0) is 12.8. The van der Waals surface area contributed by atoms with E-state index in [9.17, 15) is 4.79 Å². The van der Waals surface area contributed by atoms with Crippen molar-refractivity contribution in [3.63, 3.8) is 0 Å². The van der Waals surface area contributed by atoms with Gasteiger partial charge >= 0.3 is 0 Å². The Labute approximate surface area is 107 Å². The maximum absolute atomic E-state index is 12.0. The first-order valence-corrected chi connectivity index (χ1v) is 6.41. The maximum atomic E-state index is 12.0. The molecule has 0 saturated heterocycles. The average Bonchev–Trinajstić information content (AvgIpc) is 2.29. The largest absolute Gasteiger partial charge is 0.364 e. The van der Waals surface area contributed by atoms with Crippen LogP contribution in [0.4, 0.5) is 5.82 Å². The van der Waals surface area contributed by atoms with Crippen molar-refractivity contribution in [2.75, 3.05) is 11.9 Å². The van der Waals surface area contributed by atoms with E-state index in [1.807, 2.05) is 6.92 Å². The minimum atomic E-state index is -0.0823. The second-order valence-electron chi connectivity index (χ2n) is 4.51. The van der Waals surface area contributed by atoms with Gasteiger partial charge in [-0.25, -0.2) is 4.98 Å². The minimum Gasteiger partial charge on any atom is -0.364 e. The highest BCUT2D eigenvalue weighted by atomic mass is 35.5. The number of hydrogen-bond acceptors (Lipinski definition) is 3. The number of alkyl halides is 1. The summed E-state index contributed by atoms with van der Waals surface area (Å²) in [4.78, 5) is 16.0. The van der Waals surface area contributed by atoms with Gasteiger partial charge in [0, 0.05) is 25.5 Å². The molecule has 0 spiro atoms. The van der Waals surface area contributed by atoms with Gasteiger partial charge in [-0.15, -0.1) is 11.6 Å². The second-order valence-corrected chi connectivity index (χ2v) is 5.13. The van der Waals surface area contributed by atoms with E-state index >= 15 is 0 Å². The minimum absolute atomic E-state index is 0.0231. The molecule has 0 aliphatic heterocycles. The first-order chi connectivity index (χ1) is 8.04. The smallest absolute Gasteiger partial charge is 0.293 e. The predicted octanol–water partition coefficient (Wildman–Crippen LogP) is 2.33. The zero-order valence-corrected chi connectivity index (χ0v) is 11.4. The third-order valence-corrected chi connectivity index (χ3v) is 2.87. The molecular weight excluding hydrogens is 238 g/mol. The molecule has 0 radical (unpaired) electrons. The summed E-state index contributed by atoms with van der Waals surface area (Å²) in [5, 5.41) is 3.02. The van der Waals surface area contributed by atoms with Crippen molar-refractivity contribution in [3.8, 4) is 0 Å². The Hall–Kier alpha value is -1.03. The molecule has 1 N–H and O–H groups in total. The molecule has 1 aromatic rings. The van der Waals surface area contributed by atoms with Gasteiger partial charge in [0.1, 0.15) is 0 Å². The molecule has 0 aliphatic carbocycles. The lowest BCUT2D eigenvalue weighted by molar-refractivity contribution is 0.509. The van der Waals surface area contributed by atoms with E-state index < -0.39 is 0 Å². The highest BCUT2D eigenvalue weighted by molar-refractivity contribution is 6.20. The van der Waals surface area contributed by atoms with E-state index in [1.54, 1.807) is 17.0 Å². The zero-order valence-electron chi connectivity index (χ0n) is 10.6. The summed E-state index contributed by atoms with van der Waals surface area (Å²) in [5.41, 5.74) is -0.0823. The molecule has 0 aromatic carbocycles. The van der Waals surface area contributed by atoms with Crippen LogP contribution in [0.1, 0.15) is 27.2 Å². The topological polar surface area (TPSA) is 46.9 Å². The van der Waals surface area contributed by atoms with Gasteiger partial charge in [-0.2, -0.15) is 0 Å². The van der Waals surface area contributed by atoms with Crippen molar-refractivity contribution in [2.45, 2.75) is 39.1 Å². The standard InChI is InChI=1S/C12H20ClN3O/c1-4-10(13)7-15-11-12(17)16(6-5-14-11)8-9(2)3/h5-6,9-10H,4,7-8H2,1-3H3,(H,14,15). The van der Waals surface area contributed by atoms with E-state index in [4.69, 9.17) is 11.6 Å². The molecule has 1 heterocycles. The Bertz CT molecular complexity index is 403. The van der Waals surface area contributed by atoms with Crippen molar-refractivity contribution >= 4 is 17.4 Å². The molecule has 4 nitrogen and oxygen atoms in total. The lowest BCUT2D eigenvalue weighted by atomic mass is 10.2. The van der Waals surface area contributed by atoms with Crippen LogP contribution in [0, 0.1) is 5.92 Å². The average molecular weight is 258 g/mol. The van der Waals surface area contributed by atoms with Crippen LogP contribution in [0.15, 0.2) is 17.2 Å². The normalized spacial score (nSPS) is 12.8. The van der Waals surface area contributed by atoms with Gasteiger partial charge in [-0.1, -0.05) is 20.8 Å². The van der Waals surface area contributed by atoms with Crippen LogP contribution in [-0.2, 0) is 6.54 Å². The number of rotatable bonds is 6. The molecular formula is C12H20ClN3O. The van der Waals surface area contributed by atoms with Gasteiger partial charge in [0.2, 0.25) is 0 Å². The van der Waals surface area contributed by atoms with Crippen LogP contribution in [0.5, 0.6) is 0 Å². The van der Waals surface area contributed by atoms with E-state index in [1.165, 1.54) is 0 Å². The van der Waals surface area contributed by atoms with Crippen molar-refractivity contribution < 1.29 is 0 Å². The summed E-state index contributed by atoms with van der Waals surface area (Å²) in [7, 11) is 0. The molecule has 1 unspecified atom stereocenters. The molecule has 17 heavy (non-hydrogen) atoms. The SMILES string of the molecule is CCC(Cl)CNc1nccn(CC(C)C)c1=O. The first-order valence-electron chi connectivity index (χ1n) is 5.98. The Kier molecular flexibility index (Phi) is 5.48. The van der Waals surface area contributed by atoms with Crippen LogP contribution in [-0.4, -0.2) is 21.5 Å². The Morgan fingerprint density at radius 2 is 2.24 bits per heavy atom. The van der Waals surface area contributed by atoms with E-state index in [0.29, 0.717) is 24.8 Å². The van der Waals surface area contributed by atoms with Gasteiger partial charge in [-0.05, 0) is 12.3 Å². The van der Waals surface area contributed by atoms with Gasteiger partial charge in [0.05, 0.1) is 5.38 Å². The number of nitrogens with zero attached hydrogens (tertiary/aromatic N) is 2. The summed E-state index contributed by atoms with van der Waals surface area (Å²) >= 11 is 5.99.